The number of aromatic nitrogens is 2. The third kappa shape index (κ3) is 4.77. The molecule has 2 aromatic rings. The highest BCUT2D eigenvalue weighted by Gasteiger charge is 2.36. The number of halogens is 6. The molecule has 1 aromatic heterocycles. The molecule has 1 saturated carbocycles. The van der Waals surface area contributed by atoms with Crippen LogP contribution in [0.1, 0.15) is 42.0 Å². The van der Waals surface area contributed by atoms with Gasteiger partial charge in [-0.2, -0.15) is 18.2 Å². The first kappa shape index (κ1) is 21.8. The second-order valence-corrected chi connectivity index (χ2v) is 7.96. The van der Waals surface area contributed by atoms with E-state index in [1.165, 1.54) is 6.20 Å². The lowest BCUT2D eigenvalue weighted by Crippen LogP contribution is -2.44. The molecule has 1 fully saturated rings. The molecule has 0 radical (unpaired) electrons. The van der Waals surface area contributed by atoms with Crippen LogP contribution in [0.5, 0.6) is 6.01 Å². The highest BCUT2D eigenvalue weighted by atomic mass is 19.4. The minimum atomic E-state index is -4.48. The van der Waals surface area contributed by atoms with Crippen molar-refractivity contribution in [2.24, 2.45) is 5.73 Å². The summed E-state index contributed by atoms with van der Waals surface area (Å²) >= 11 is 0. The summed E-state index contributed by atoms with van der Waals surface area (Å²) in [5.74, 6) is -3.59. The van der Waals surface area contributed by atoms with Crippen molar-refractivity contribution in [3.63, 3.8) is 0 Å². The summed E-state index contributed by atoms with van der Waals surface area (Å²) in [5.41, 5.74) is 7.73. The summed E-state index contributed by atoms with van der Waals surface area (Å²) in [6.07, 6.45) is -1.38. The van der Waals surface area contributed by atoms with Crippen LogP contribution in [0.3, 0.4) is 0 Å². The largest absolute Gasteiger partial charge is 0.454 e. The second-order valence-electron chi connectivity index (χ2n) is 7.96. The Labute approximate surface area is 174 Å². The number of rotatable bonds is 4. The molecule has 1 aromatic carbocycles. The van der Waals surface area contributed by atoms with E-state index in [1.807, 2.05) is 0 Å². The van der Waals surface area contributed by atoms with Gasteiger partial charge in [0.05, 0.1) is 5.69 Å². The molecule has 4 rings (SSSR count). The predicted octanol–water partition coefficient (Wildman–Crippen LogP) is 3.81. The summed E-state index contributed by atoms with van der Waals surface area (Å²) in [5, 5.41) is 0. The van der Waals surface area contributed by atoms with Crippen molar-refractivity contribution in [1.82, 2.24) is 14.9 Å². The Hall–Kier alpha value is -2.40. The van der Waals surface area contributed by atoms with E-state index in [2.05, 4.69) is 19.6 Å². The lowest BCUT2D eigenvalue weighted by Gasteiger charge is -2.38. The van der Waals surface area contributed by atoms with E-state index in [4.69, 9.17) is 5.73 Å². The molecule has 11 heteroatoms. The lowest BCUT2D eigenvalue weighted by molar-refractivity contribution is -0.154. The van der Waals surface area contributed by atoms with Crippen molar-refractivity contribution in [1.29, 1.82) is 0 Å². The molecule has 1 aliphatic carbocycles. The third-order valence-corrected chi connectivity index (χ3v) is 5.85. The summed E-state index contributed by atoms with van der Waals surface area (Å²) in [4.78, 5) is 10.00. The average Bonchev–Trinajstić information content (AvgIpc) is 3.12. The molecule has 1 aliphatic heterocycles. The van der Waals surface area contributed by atoms with Crippen LogP contribution < -0.4 is 10.5 Å². The molecule has 5 nitrogen and oxygen atoms in total. The van der Waals surface area contributed by atoms with Gasteiger partial charge < -0.3 is 10.5 Å². The van der Waals surface area contributed by atoms with E-state index in [0.29, 0.717) is 44.1 Å². The number of hydrogen-bond acceptors (Lipinski definition) is 5. The Kier molecular flexibility index (Phi) is 5.82. The molecule has 0 bridgehead atoms. The first-order valence-corrected chi connectivity index (χ1v) is 9.79. The summed E-state index contributed by atoms with van der Waals surface area (Å²) in [6, 6.07) is 0.663. The van der Waals surface area contributed by atoms with Crippen LogP contribution in [-0.4, -0.2) is 39.7 Å². The Morgan fingerprint density at radius 3 is 2.52 bits per heavy atom. The maximum Gasteiger partial charge on any atom is 0.422 e. The van der Waals surface area contributed by atoms with Gasteiger partial charge >= 0.3 is 12.2 Å². The van der Waals surface area contributed by atoms with Gasteiger partial charge in [0.15, 0.2) is 18.2 Å². The van der Waals surface area contributed by atoms with Crippen molar-refractivity contribution < 1.29 is 31.1 Å². The van der Waals surface area contributed by atoms with Crippen LogP contribution >= 0.6 is 0 Å². The number of hydrogen-bond donors (Lipinski definition) is 1. The van der Waals surface area contributed by atoms with Gasteiger partial charge in [-0.25, -0.2) is 18.2 Å². The second kappa shape index (κ2) is 8.27. The predicted molar refractivity (Wildman–Crippen MR) is 97.5 cm³/mol. The van der Waals surface area contributed by atoms with E-state index >= 15 is 0 Å². The van der Waals surface area contributed by atoms with Crippen molar-refractivity contribution in [3.05, 3.63) is 52.6 Å². The highest BCUT2D eigenvalue weighted by molar-refractivity contribution is 5.27. The van der Waals surface area contributed by atoms with Crippen LogP contribution in [0.25, 0.3) is 0 Å². The zero-order valence-electron chi connectivity index (χ0n) is 16.3. The van der Waals surface area contributed by atoms with Crippen molar-refractivity contribution in [3.8, 4) is 6.01 Å². The van der Waals surface area contributed by atoms with Crippen molar-refractivity contribution in [2.75, 3.05) is 6.61 Å². The Balaban J connectivity index is 1.40. The topological polar surface area (TPSA) is 64.3 Å². The Morgan fingerprint density at radius 1 is 1.06 bits per heavy atom. The van der Waals surface area contributed by atoms with Gasteiger partial charge in [0, 0.05) is 48.9 Å². The average molecular weight is 446 g/mol. The van der Waals surface area contributed by atoms with Crippen molar-refractivity contribution in [2.45, 2.75) is 56.5 Å². The molecule has 0 spiro atoms. The molecule has 3 atom stereocenters. The van der Waals surface area contributed by atoms with Crippen LogP contribution in [0.2, 0.25) is 0 Å². The first-order valence-electron chi connectivity index (χ1n) is 9.79. The number of fused-ring (bicyclic) bond motifs is 1. The molecule has 2 aliphatic rings. The van der Waals surface area contributed by atoms with Gasteiger partial charge in [0.1, 0.15) is 5.82 Å². The zero-order valence-corrected chi connectivity index (χ0v) is 16.3. The Bertz CT molecular complexity index is 969. The monoisotopic (exact) mass is 446 g/mol. The molecule has 2 N–H and O–H groups in total. The van der Waals surface area contributed by atoms with Gasteiger partial charge in [0.2, 0.25) is 0 Å². The molecular formula is C20H20F6N4O. The fraction of sp³-hybridized carbons (Fsp3) is 0.500. The van der Waals surface area contributed by atoms with Crippen LogP contribution in [0, 0.1) is 17.5 Å². The SMILES string of the molecule is N[C@H]1C[C@@H](N2Cc3cnc(OCC(F)(F)F)nc3C2)CCC1c1cc(F)c(F)cc1F. The van der Waals surface area contributed by atoms with E-state index in [1.54, 1.807) is 0 Å². The number of alkyl halides is 3. The summed E-state index contributed by atoms with van der Waals surface area (Å²) in [7, 11) is 0. The number of nitrogens with zero attached hydrogens (tertiary/aromatic N) is 3. The van der Waals surface area contributed by atoms with Crippen LogP contribution in [0.4, 0.5) is 26.3 Å². The number of ether oxygens (including phenoxy) is 1. The Morgan fingerprint density at radius 2 is 1.81 bits per heavy atom. The molecule has 168 valence electrons. The molecule has 1 unspecified atom stereocenters. The van der Waals surface area contributed by atoms with Gasteiger partial charge in [-0.05, 0) is 30.9 Å². The van der Waals surface area contributed by atoms with Crippen molar-refractivity contribution >= 4 is 0 Å². The highest BCUT2D eigenvalue weighted by Crippen LogP contribution is 2.38. The van der Waals surface area contributed by atoms with Crippen LogP contribution in [0.15, 0.2) is 18.3 Å². The van der Waals surface area contributed by atoms with Gasteiger partial charge in [-0.3, -0.25) is 4.90 Å². The lowest BCUT2D eigenvalue weighted by atomic mass is 9.77. The fourth-order valence-corrected chi connectivity index (χ4v) is 4.36. The van der Waals surface area contributed by atoms with Gasteiger partial charge in [-0.1, -0.05) is 0 Å². The quantitative estimate of drug-likeness (QED) is 0.572. The minimum Gasteiger partial charge on any atom is -0.454 e. The molecular weight excluding hydrogens is 426 g/mol. The maximum absolute atomic E-state index is 14.2. The van der Waals surface area contributed by atoms with Crippen LogP contribution in [-0.2, 0) is 13.1 Å². The van der Waals surface area contributed by atoms with E-state index in [-0.39, 0.29) is 17.6 Å². The third-order valence-electron chi connectivity index (χ3n) is 5.85. The van der Waals surface area contributed by atoms with Gasteiger partial charge in [0.25, 0.3) is 0 Å². The standard InChI is InChI=1S/C20H20F6N4O/c21-14-5-16(23)15(22)4-13(14)12-2-1-11(3-17(12)27)30-7-10-6-28-19(29-18(10)8-30)31-9-20(24,25)26/h4-6,11-12,17H,1-3,7-9,27H2/t11-,12?,17-/m0/s1. The molecule has 2 heterocycles. The molecule has 0 saturated heterocycles. The fourth-order valence-electron chi connectivity index (χ4n) is 4.36. The number of nitrogens with two attached hydrogens (primary N) is 1. The first-order chi connectivity index (χ1) is 14.6. The van der Waals surface area contributed by atoms with E-state index < -0.39 is 42.2 Å². The van der Waals surface area contributed by atoms with E-state index in [9.17, 15) is 26.3 Å². The maximum atomic E-state index is 14.2. The summed E-state index contributed by atoms with van der Waals surface area (Å²) < 4.78 is 82.5. The zero-order chi connectivity index (χ0) is 22.3. The van der Waals surface area contributed by atoms with Gasteiger partial charge in [-0.15, -0.1) is 0 Å². The van der Waals surface area contributed by atoms with E-state index in [0.717, 1.165) is 11.6 Å². The smallest absolute Gasteiger partial charge is 0.422 e. The normalized spacial score (nSPS) is 24.3. The summed E-state index contributed by atoms with van der Waals surface area (Å²) in [6.45, 7) is -0.548. The molecule has 0 amide bonds. The number of benzene rings is 1. The molecule has 31 heavy (non-hydrogen) atoms. The minimum absolute atomic E-state index is 0.0355.